The van der Waals surface area contributed by atoms with Crippen LogP contribution in [-0.4, -0.2) is 33.1 Å². The first-order chi connectivity index (χ1) is 9.89. The lowest BCUT2D eigenvalue weighted by molar-refractivity contribution is 0.254. The van der Waals surface area contributed by atoms with Crippen molar-refractivity contribution in [1.82, 2.24) is 0 Å². The predicted molar refractivity (Wildman–Crippen MR) is 82.1 cm³/mol. The summed E-state index contributed by atoms with van der Waals surface area (Å²) in [6.45, 7) is 2.02. The van der Waals surface area contributed by atoms with Crippen molar-refractivity contribution in [2.75, 3.05) is 18.6 Å². The van der Waals surface area contributed by atoms with Crippen molar-refractivity contribution in [2.24, 2.45) is 5.92 Å². The maximum Gasteiger partial charge on any atom is 0.150 e. The van der Waals surface area contributed by atoms with Gasteiger partial charge in [-0.15, -0.1) is 11.6 Å². The quantitative estimate of drug-likeness (QED) is 0.800. The van der Waals surface area contributed by atoms with Gasteiger partial charge in [-0.2, -0.15) is 0 Å². The van der Waals surface area contributed by atoms with Gasteiger partial charge >= 0.3 is 0 Å². The zero-order chi connectivity index (χ0) is 15.2. The third kappa shape index (κ3) is 2.86. The van der Waals surface area contributed by atoms with Crippen molar-refractivity contribution in [3.63, 3.8) is 0 Å². The Labute approximate surface area is 130 Å². The van der Waals surface area contributed by atoms with Crippen molar-refractivity contribution in [1.29, 1.82) is 0 Å². The van der Waals surface area contributed by atoms with Crippen LogP contribution < -0.4 is 9.47 Å². The second kappa shape index (κ2) is 5.36. The Hall–Kier alpha value is -0.940. The number of hydrogen-bond donors (Lipinski definition) is 0. The van der Waals surface area contributed by atoms with Gasteiger partial charge in [0.25, 0.3) is 0 Å². The molecule has 116 valence electrons. The van der Waals surface area contributed by atoms with Gasteiger partial charge in [0.1, 0.15) is 17.6 Å². The first kappa shape index (κ1) is 15.0. The Morgan fingerprint density at radius 3 is 2.81 bits per heavy atom. The van der Waals surface area contributed by atoms with E-state index in [1.54, 1.807) is 7.11 Å². The summed E-state index contributed by atoms with van der Waals surface area (Å²) < 4.78 is 34.5. The van der Waals surface area contributed by atoms with E-state index in [0.29, 0.717) is 6.42 Å². The smallest absolute Gasteiger partial charge is 0.150 e. The second-order valence-electron chi connectivity index (χ2n) is 5.90. The molecule has 2 aliphatic rings. The molecule has 0 bridgehead atoms. The minimum atomic E-state index is -2.94. The maximum atomic E-state index is 11.6. The van der Waals surface area contributed by atoms with Crippen molar-refractivity contribution in [3.05, 3.63) is 23.3 Å². The molecule has 3 unspecified atom stereocenters. The van der Waals surface area contributed by atoms with Gasteiger partial charge in [-0.3, -0.25) is 0 Å². The molecule has 0 spiro atoms. The van der Waals surface area contributed by atoms with E-state index >= 15 is 0 Å². The number of sulfone groups is 1. The molecule has 0 amide bonds. The Kier molecular flexibility index (Phi) is 3.82. The SMILES string of the molecule is COc1cc2c(cc1C(Cl)C1CCS(=O)(=O)C1)OC(C)C2. The molecular formula is C15H19ClO4S. The van der Waals surface area contributed by atoms with Gasteiger partial charge in [-0.25, -0.2) is 8.42 Å². The fourth-order valence-corrected chi connectivity index (χ4v) is 5.49. The number of alkyl halides is 1. The van der Waals surface area contributed by atoms with Crippen molar-refractivity contribution >= 4 is 21.4 Å². The van der Waals surface area contributed by atoms with Crippen molar-refractivity contribution in [2.45, 2.75) is 31.2 Å². The van der Waals surface area contributed by atoms with Gasteiger partial charge in [-0.05, 0) is 31.4 Å². The molecule has 1 aromatic rings. The number of ether oxygens (including phenoxy) is 2. The van der Waals surface area contributed by atoms with Crippen molar-refractivity contribution in [3.8, 4) is 11.5 Å². The third-order valence-corrected chi connectivity index (χ3v) is 6.61. The van der Waals surface area contributed by atoms with Gasteiger partial charge in [-0.1, -0.05) is 0 Å². The Balaban J connectivity index is 1.93. The van der Waals surface area contributed by atoms with Gasteiger partial charge in [0.05, 0.1) is 24.0 Å². The molecule has 0 aromatic heterocycles. The van der Waals surface area contributed by atoms with E-state index in [0.717, 1.165) is 29.0 Å². The largest absolute Gasteiger partial charge is 0.496 e. The molecule has 2 aliphatic heterocycles. The predicted octanol–water partition coefficient (Wildman–Crippen LogP) is 2.73. The van der Waals surface area contributed by atoms with Crippen molar-refractivity contribution < 1.29 is 17.9 Å². The average molecular weight is 331 g/mol. The van der Waals surface area contributed by atoms with E-state index in [1.165, 1.54) is 0 Å². The standard InChI is InChI=1S/C15H19ClO4S/c1-9-5-11-6-14(19-2)12(7-13(11)20-9)15(16)10-3-4-21(17,18)8-10/h6-7,9-10,15H,3-5,8H2,1-2H3. The summed E-state index contributed by atoms with van der Waals surface area (Å²) in [5, 5.41) is -0.373. The van der Waals surface area contributed by atoms with E-state index in [-0.39, 0.29) is 28.9 Å². The minimum absolute atomic E-state index is 0.0672. The molecule has 3 atom stereocenters. The summed E-state index contributed by atoms with van der Waals surface area (Å²) in [4.78, 5) is 0. The summed E-state index contributed by atoms with van der Waals surface area (Å²) in [6.07, 6.45) is 1.62. The number of rotatable bonds is 3. The molecule has 4 nitrogen and oxygen atoms in total. The number of benzene rings is 1. The van der Waals surface area contributed by atoms with Gasteiger partial charge < -0.3 is 9.47 Å². The molecular weight excluding hydrogens is 312 g/mol. The molecule has 6 heteroatoms. The van der Waals surface area contributed by atoms with Crippen LogP contribution in [0, 0.1) is 5.92 Å². The normalized spacial score (nSPS) is 28.0. The van der Waals surface area contributed by atoms with Crippen LogP contribution >= 0.6 is 11.6 Å². The first-order valence-corrected chi connectivity index (χ1v) is 9.37. The minimum Gasteiger partial charge on any atom is -0.496 e. The molecule has 1 fully saturated rings. The van der Waals surface area contributed by atoms with Crippen LogP contribution in [0.1, 0.15) is 29.8 Å². The highest BCUT2D eigenvalue weighted by molar-refractivity contribution is 7.91. The van der Waals surface area contributed by atoms with Crippen LogP contribution in [0.25, 0.3) is 0 Å². The summed E-state index contributed by atoms with van der Waals surface area (Å²) >= 11 is 6.56. The Morgan fingerprint density at radius 2 is 2.19 bits per heavy atom. The molecule has 0 radical (unpaired) electrons. The van der Waals surface area contributed by atoms with Crippen LogP contribution in [0.4, 0.5) is 0 Å². The summed E-state index contributed by atoms with van der Waals surface area (Å²) in [6, 6.07) is 3.88. The summed E-state index contributed by atoms with van der Waals surface area (Å²) in [5.41, 5.74) is 1.94. The van der Waals surface area contributed by atoms with E-state index in [1.807, 2.05) is 19.1 Å². The maximum absolute atomic E-state index is 11.6. The number of fused-ring (bicyclic) bond motifs is 1. The van der Waals surface area contributed by atoms with Gasteiger partial charge in [0.2, 0.25) is 0 Å². The molecule has 0 saturated carbocycles. The highest BCUT2D eigenvalue weighted by Gasteiger charge is 2.35. The molecule has 3 rings (SSSR count). The van der Waals surface area contributed by atoms with Crippen LogP contribution in [0.15, 0.2) is 12.1 Å². The van der Waals surface area contributed by atoms with Crippen LogP contribution in [0.2, 0.25) is 0 Å². The number of methoxy groups -OCH3 is 1. The fourth-order valence-electron chi connectivity index (χ4n) is 3.16. The Bertz CT molecular complexity index is 656. The average Bonchev–Trinajstić information content (AvgIpc) is 2.97. The van der Waals surface area contributed by atoms with Crippen LogP contribution in [-0.2, 0) is 16.3 Å². The lowest BCUT2D eigenvalue weighted by Crippen LogP contribution is -2.11. The molecule has 1 saturated heterocycles. The summed E-state index contributed by atoms with van der Waals surface area (Å²) in [5.74, 6) is 1.86. The molecule has 0 N–H and O–H groups in total. The molecule has 21 heavy (non-hydrogen) atoms. The molecule has 2 heterocycles. The monoisotopic (exact) mass is 330 g/mol. The summed E-state index contributed by atoms with van der Waals surface area (Å²) in [7, 11) is -1.33. The van der Waals surface area contributed by atoms with E-state index < -0.39 is 9.84 Å². The zero-order valence-electron chi connectivity index (χ0n) is 12.1. The second-order valence-corrected chi connectivity index (χ2v) is 8.60. The highest BCUT2D eigenvalue weighted by atomic mass is 35.5. The third-order valence-electron chi connectivity index (χ3n) is 4.23. The Morgan fingerprint density at radius 1 is 1.43 bits per heavy atom. The lowest BCUT2D eigenvalue weighted by Gasteiger charge is -2.19. The van der Waals surface area contributed by atoms with Gasteiger partial charge in [0, 0.05) is 17.5 Å². The zero-order valence-corrected chi connectivity index (χ0v) is 13.7. The van der Waals surface area contributed by atoms with E-state index in [4.69, 9.17) is 21.1 Å². The van der Waals surface area contributed by atoms with Crippen LogP contribution in [0.3, 0.4) is 0 Å². The first-order valence-electron chi connectivity index (χ1n) is 7.11. The van der Waals surface area contributed by atoms with E-state index in [9.17, 15) is 8.42 Å². The number of hydrogen-bond acceptors (Lipinski definition) is 4. The van der Waals surface area contributed by atoms with Crippen LogP contribution in [0.5, 0.6) is 11.5 Å². The highest BCUT2D eigenvalue weighted by Crippen LogP contribution is 2.44. The molecule has 0 aliphatic carbocycles. The van der Waals surface area contributed by atoms with Gasteiger partial charge in [0.15, 0.2) is 9.84 Å². The fraction of sp³-hybridized carbons (Fsp3) is 0.600. The number of halogens is 1. The lowest BCUT2D eigenvalue weighted by atomic mass is 9.95. The molecule has 1 aromatic carbocycles. The topological polar surface area (TPSA) is 52.6 Å². The van der Waals surface area contributed by atoms with E-state index in [2.05, 4.69) is 0 Å².